The van der Waals surface area contributed by atoms with E-state index in [0.29, 0.717) is 11.4 Å². The normalized spacial score (nSPS) is 10.8. The highest BCUT2D eigenvalue weighted by molar-refractivity contribution is 7.19. The molecule has 2 aromatic heterocycles. The Morgan fingerprint density at radius 1 is 1.04 bits per heavy atom. The van der Waals surface area contributed by atoms with E-state index in [2.05, 4.69) is 35.2 Å². The molecule has 2 aromatic carbocycles. The largest absolute Gasteiger partial charge is 0.216 e. The van der Waals surface area contributed by atoms with Crippen molar-refractivity contribution in [2.75, 3.05) is 0 Å². The topological polar surface area (TPSA) is 54.0 Å². The highest BCUT2D eigenvalue weighted by atomic mass is 32.1. The average molecular weight is 316 g/mol. The number of fused-ring (bicyclic) bond motifs is 1. The smallest absolute Gasteiger partial charge is 0.214 e. The molecule has 4 rings (SSSR count). The predicted molar refractivity (Wildman–Crippen MR) is 91.2 cm³/mol. The first kappa shape index (κ1) is 13.7. The standard InChI is InChI=1S/C18H12N4S/c1-12-6-5-9-14(10-12)17-21-22-15(11-19)16(20-18(22)23-17)13-7-3-2-4-8-13/h2-10H,1H3. The number of hydrogen-bond acceptors (Lipinski definition) is 4. The molecule has 4 nitrogen and oxygen atoms in total. The highest BCUT2D eigenvalue weighted by Gasteiger charge is 2.18. The molecule has 0 spiro atoms. The Bertz CT molecular complexity index is 1040. The Morgan fingerprint density at radius 2 is 1.83 bits per heavy atom. The Kier molecular flexibility index (Phi) is 3.18. The molecule has 0 unspecified atom stereocenters. The summed E-state index contributed by atoms with van der Waals surface area (Å²) in [5.74, 6) is 0. The monoisotopic (exact) mass is 316 g/mol. The molecule has 0 aliphatic rings. The summed E-state index contributed by atoms with van der Waals surface area (Å²) in [7, 11) is 0. The van der Waals surface area contributed by atoms with Gasteiger partial charge in [0.2, 0.25) is 4.96 Å². The molecular weight excluding hydrogens is 304 g/mol. The van der Waals surface area contributed by atoms with Gasteiger partial charge in [0.05, 0.1) is 0 Å². The fourth-order valence-corrected chi connectivity index (χ4v) is 3.44. The molecule has 0 fully saturated rings. The molecule has 0 aliphatic carbocycles. The lowest BCUT2D eigenvalue weighted by Gasteiger charge is -1.98. The molecule has 0 radical (unpaired) electrons. The van der Waals surface area contributed by atoms with Crippen LogP contribution < -0.4 is 0 Å². The van der Waals surface area contributed by atoms with Gasteiger partial charge in [-0.05, 0) is 13.0 Å². The third kappa shape index (κ3) is 2.30. The second-order valence-electron chi connectivity index (χ2n) is 5.26. The number of rotatable bonds is 2. The second kappa shape index (κ2) is 5.34. The maximum atomic E-state index is 9.54. The lowest BCUT2D eigenvalue weighted by molar-refractivity contribution is 0.960. The first-order chi connectivity index (χ1) is 11.3. The van der Waals surface area contributed by atoms with Gasteiger partial charge in [0.15, 0.2) is 5.69 Å². The lowest BCUT2D eigenvalue weighted by atomic mass is 10.1. The van der Waals surface area contributed by atoms with E-state index >= 15 is 0 Å². The number of nitriles is 1. The van der Waals surface area contributed by atoms with Gasteiger partial charge >= 0.3 is 0 Å². The van der Waals surface area contributed by atoms with Crippen LogP contribution in [0.25, 0.3) is 26.8 Å². The van der Waals surface area contributed by atoms with E-state index < -0.39 is 0 Å². The maximum Gasteiger partial charge on any atom is 0.214 e. The van der Waals surface area contributed by atoms with E-state index in [0.717, 1.165) is 21.1 Å². The van der Waals surface area contributed by atoms with Gasteiger partial charge in [-0.15, -0.1) is 0 Å². The third-order valence-corrected chi connectivity index (χ3v) is 4.58. The van der Waals surface area contributed by atoms with E-state index in [1.165, 1.54) is 16.9 Å². The number of benzene rings is 2. The first-order valence-electron chi connectivity index (χ1n) is 7.18. The van der Waals surface area contributed by atoms with Crippen molar-refractivity contribution in [3.8, 4) is 27.9 Å². The lowest BCUT2D eigenvalue weighted by Crippen LogP contribution is -1.91. The molecule has 0 N–H and O–H groups in total. The number of aromatic nitrogens is 3. The van der Waals surface area contributed by atoms with Crippen LogP contribution in [0.3, 0.4) is 0 Å². The van der Waals surface area contributed by atoms with Gasteiger partial charge < -0.3 is 0 Å². The van der Waals surface area contributed by atoms with Crippen LogP contribution in [0.5, 0.6) is 0 Å². The average Bonchev–Trinajstić information content (AvgIpc) is 3.13. The van der Waals surface area contributed by atoms with Crippen LogP contribution in [0.2, 0.25) is 0 Å². The minimum Gasteiger partial charge on any atom is -0.216 e. The predicted octanol–water partition coefficient (Wildman–Crippen LogP) is 4.30. The van der Waals surface area contributed by atoms with Crippen molar-refractivity contribution >= 4 is 16.3 Å². The SMILES string of the molecule is Cc1cccc(-c2nn3c(C#N)c(-c4ccccc4)nc3s2)c1. The van der Waals surface area contributed by atoms with Gasteiger partial charge in [0.1, 0.15) is 16.8 Å². The van der Waals surface area contributed by atoms with E-state index in [9.17, 15) is 5.26 Å². The van der Waals surface area contributed by atoms with Crippen LogP contribution in [0.15, 0.2) is 54.6 Å². The summed E-state index contributed by atoms with van der Waals surface area (Å²) in [6.07, 6.45) is 0. The molecule has 5 heteroatoms. The van der Waals surface area contributed by atoms with Crippen LogP contribution in [0, 0.1) is 18.3 Å². The first-order valence-corrected chi connectivity index (χ1v) is 8.00. The van der Waals surface area contributed by atoms with Gasteiger partial charge in [-0.3, -0.25) is 0 Å². The number of aryl methyl sites for hydroxylation is 1. The summed E-state index contributed by atoms with van der Waals surface area (Å²) in [5, 5.41) is 15.0. The van der Waals surface area contributed by atoms with E-state index in [-0.39, 0.29) is 0 Å². The fraction of sp³-hybridized carbons (Fsp3) is 0.0556. The highest BCUT2D eigenvalue weighted by Crippen LogP contribution is 2.30. The van der Waals surface area contributed by atoms with Crippen LogP contribution in [0.4, 0.5) is 0 Å². The summed E-state index contributed by atoms with van der Waals surface area (Å²) < 4.78 is 1.64. The minimum atomic E-state index is 0.473. The number of hydrogen-bond donors (Lipinski definition) is 0. The van der Waals surface area contributed by atoms with Crippen molar-refractivity contribution in [1.82, 2.24) is 14.6 Å². The van der Waals surface area contributed by atoms with Crippen molar-refractivity contribution in [3.63, 3.8) is 0 Å². The molecule has 0 saturated carbocycles. The summed E-state index contributed by atoms with van der Waals surface area (Å²) in [6.45, 7) is 2.05. The Balaban J connectivity index is 1.89. The van der Waals surface area contributed by atoms with Crippen LogP contribution >= 0.6 is 11.3 Å². The van der Waals surface area contributed by atoms with Crippen molar-refractivity contribution in [3.05, 3.63) is 65.9 Å². The Morgan fingerprint density at radius 3 is 2.57 bits per heavy atom. The summed E-state index contributed by atoms with van der Waals surface area (Å²) in [6, 6.07) is 20.1. The van der Waals surface area contributed by atoms with Crippen molar-refractivity contribution < 1.29 is 0 Å². The quantitative estimate of drug-likeness (QED) is 0.554. The van der Waals surface area contributed by atoms with Crippen LogP contribution in [0.1, 0.15) is 11.3 Å². The Hall–Kier alpha value is -2.97. The van der Waals surface area contributed by atoms with Gasteiger partial charge in [-0.2, -0.15) is 14.9 Å². The summed E-state index contributed by atoms with van der Waals surface area (Å²) in [5.41, 5.74) is 4.31. The van der Waals surface area contributed by atoms with Crippen LogP contribution in [-0.2, 0) is 0 Å². The second-order valence-corrected chi connectivity index (χ2v) is 6.21. The van der Waals surface area contributed by atoms with E-state index in [1.54, 1.807) is 4.52 Å². The fourth-order valence-electron chi connectivity index (χ4n) is 2.54. The zero-order chi connectivity index (χ0) is 15.8. The molecule has 0 aliphatic heterocycles. The van der Waals surface area contributed by atoms with Crippen molar-refractivity contribution in [2.45, 2.75) is 6.92 Å². The molecule has 0 atom stereocenters. The zero-order valence-electron chi connectivity index (χ0n) is 12.4. The molecule has 2 heterocycles. The van der Waals surface area contributed by atoms with E-state index in [4.69, 9.17) is 0 Å². The molecule has 23 heavy (non-hydrogen) atoms. The minimum absolute atomic E-state index is 0.473. The van der Waals surface area contributed by atoms with Gasteiger partial charge in [-0.1, -0.05) is 65.4 Å². The number of imidazole rings is 1. The molecule has 0 amide bonds. The van der Waals surface area contributed by atoms with Crippen LogP contribution in [-0.4, -0.2) is 14.6 Å². The Labute approximate surface area is 137 Å². The van der Waals surface area contributed by atoms with Crippen molar-refractivity contribution in [1.29, 1.82) is 5.26 Å². The van der Waals surface area contributed by atoms with Gasteiger partial charge in [0, 0.05) is 11.1 Å². The van der Waals surface area contributed by atoms with E-state index in [1.807, 2.05) is 42.5 Å². The summed E-state index contributed by atoms with van der Waals surface area (Å²) >= 11 is 1.49. The zero-order valence-corrected chi connectivity index (χ0v) is 13.2. The molecular formula is C18H12N4S. The van der Waals surface area contributed by atoms with Crippen molar-refractivity contribution in [2.24, 2.45) is 0 Å². The third-order valence-electron chi connectivity index (χ3n) is 3.62. The maximum absolute atomic E-state index is 9.54. The molecule has 4 aromatic rings. The van der Waals surface area contributed by atoms with Gasteiger partial charge in [-0.25, -0.2) is 4.98 Å². The molecule has 0 bridgehead atoms. The number of nitrogens with zero attached hydrogens (tertiary/aromatic N) is 4. The molecule has 0 saturated heterocycles. The molecule has 110 valence electrons. The summed E-state index contributed by atoms with van der Waals surface area (Å²) in [4.78, 5) is 5.35. The van der Waals surface area contributed by atoms with Gasteiger partial charge in [0.25, 0.3) is 0 Å².